The van der Waals surface area contributed by atoms with E-state index in [-0.39, 0.29) is 0 Å². The molecule has 0 radical (unpaired) electrons. The van der Waals surface area contributed by atoms with Crippen LogP contribution in [-0.4, -0.2) is 42.5 Å². The van der Waals surface area contributed by atoms with E-state index in [1.807, 2.05) is 19.4 Å². The molecule has 1 fully saturated rings. The minimum atomic E-state index is 0.711. The Bertz CT molecular complexity index is 696. The summed E-state index contributed by atoms with van der Waals surface area (Å²) in [6, 6.07) is 12.9. The van der Waals surface area contributed by atoms with E-state index < -0.39 is 0 Å². The van der Waals surface area contributed by atoms with Crippen molar-refractivity contribution in [3.63, 3.8) is 0 Å². The highest BCUT2D eigenvalue weighted by Gasteiger charge is 2.24. The zero-order chi connectivity index (χ0) is 17.5. The Kier molecular flexibility index (Phi) is 6.04. The number of pyridine rings is 1. The van der Waals surface area contributed by atoms with Crippen molar-refractivity contribution < 1.29 is 0 Å². The summed E-state index contributed by atoms with van der Waals surface area (Å²) >= 11 is 0. The average Bonchev–Trinajstić information content (AvgIpc) is 3.09. The first-order valence-corrected chi connectivity index (χ1v) is 9.15. The topological polar surface area (TPSA) is 40.5 Å². The van der Waals surface area contributed by atoms with Gasteiger partial charge in [-0.25, -0.2) is 0 Å². The molecule has 1 aromatic carbocycles. The van der Waals surface area contributed by atoms with Crippen molar-refractivity contribution in [1.82, 2.24) is 15.2 Å². The lowest BCUT2D eigenvalue weighted by Crippen LogP contribution is -2.41. The van der Waals surface area contributed by atoms with E-state index in [4.69, 9.17) is 0 Å². The summed E-state index contributed by atoms with van der Waals surface area (Å²) in [5.41, 5.74) is 4.04. The summed E-state index contributed by atoms with van der Waals surface area (Å²) in [5, 5.41) is 3.53. The zero-order valence-corrected chi connectivity index (χ0v) is 15.3. The first-order chi connectivity index (χ1) is 12.3. The predicted octanol–water partition coefficient (Wildman–Crippen LogP) is 3.07. The fraction of sp³-hybridized carbons (Fsp3) is 0.429. The van der Waals surface area contributed by atoms with E-state index in [1.54, 1.807) is 0 Å². The maximum absolute atomic E-state index is 4.48. The molecule has 0 bridgehead atoms. The Morgan fingerprint density at radius 1 is 1.28 bits per heavy atom. The SMILES string of the molecule is CN=C(NCCc1ccncc1C)N1CCC(Cc2ccccc2)C1. The van der Waals surface area contributed by atoms with Crippen LogP contribution in [0.2, 0.25) is 0 Å². The molecule has 0 spiro atoms. The molecular weight excluding hydrogens is 308 g/mol. The van der Waals surface area contributed by atoms with Crippen LogP contribution in [0.1, 0.15) is 23.1 Å². The van der Waals surface area contributed by atoms with E-state index in [0.717, 1.165) is 38.4 Å². The van der Waals surface area contributed by atoms with E-state index in [1.165, 1.54) is 23.1 Å². The molecule has 4 heteroatoms. The standard InChI is InChI=1S/C21H28N4/c1-17-15-23-11-8-20(17)9-12-24-21(22-2)25-13-10-19(16-25)14-18-6-4-3-5-7-18/h3-8,11,15,19H,9-10,12-14,16H2,1-2H3,(H,22,24). The minimum absolute atomic E-state index is 0.711. The number of rotatable bonds is 5. The maximum atomic E-state index is 4.48. The summed E-state index contributed by atoms with van der Waals surface area (Å²) in [5.74, 6) is 1.74. The van der Waals surface area contributed by atoms with E-state index in [2.05, 4.69) is 63.5 Å². The van der Waals surface area contributed by atoms with Crippen LogP contribution in [0.25, 0.3) is 0 Å². The second kappa shape index (κ2) is 8.65. The van der Waals surface area contributed by atoms with Gasteiger partial charge in [0.2, 0.25) is 0 Å². The van der Waals surface area contributed by atoms with Crippen molar-refractivity contribution in [3.05, 3.63) is 65.5 Å². The number of nitrogens with one attached hydrogen (secondary N) is 1. The van der Waals surface area contributed by atoms with Gasteiger partial charge < -0.3 is 10.2 Å². The van der Waals surface area contributed by atoms with E-state index >= 15 is 0 Å². The van der Waals surface area contributed by atoms with Gasteiger partial charge in [0, 0.05) is 39.1 Å². The third-order valence-electron chi connectivity index (χ3n) is 4.98. The van der Waals surface area contributed by atoms with Crippen molar-refractivity contribution >= 4 is 5.96 Å². The molecule has 4 nitrogen and oxygen atoms in total. The van der Waals surface area contributed by atoms with Gasteiger partial charge in [0.25, 0.3) is 0 Å². The summed E-state index contributed by atoms with van der Waals surface area (Å²) < 4.78 is 0. The number of aliphatic imine (C=N–C) groups is 1. The van der Waals surface area contributed by atoms with Crippen LogP contribution in [0.5, 0.6) is 0 Å². The van der Waals surface area contributed by atoms with Gasteiger partial charge in [-0.2, -0.15) is 0 Å². The van der Waals surface area contributed by atoms with Crippen molar-refractivity contribution in [2.45, 2.75) is 26.2 Å². The molecule has 1 aromatic heterocycles. The molecule has 1 atom stereocenters. The van der Waals surface area contributed by atoms with Gasteiger partial charge in [0.1, 0.15) is 0 Å². The molecule has 0 amide bonds. The number of guanidine groups is 1. The molecule has 132 valence electrons. The molecule has 2 heterocycles. The molecule has 0 aliphatic carbocycles. The summed E-state index contributed by atoms with van der Waals surface area (Å²) in [4.78, 5) is 11.0. The lowest BCUT2D eigenvalue weighted by Gasteiger charge is -2.22. The molecule has 1 N–H and O–H groups in total. The van der Waals surface area contributed by atoms with Crippen LogP contribution < -0.4 is 5.32 Å². The summed E-state index contributed by atoms with van der Waals surface area (Å²) in [6.45, 7) is 5.19. The van der Waals surface area contributed by atoms with E-state index in [0.29, 0.717) is 5.92 Å². The number of aromatic nitrogens is 1. The first-order valence-electron chi connectivity index (χ1n) is 9.15. The third kappa shape index (κ3) is 4.81. The molecule has 1 aliphatic heterocycles. The number of benzene rings is 1. The number of nitrogens with zero attached hydrogens (tertiary/aromatic N) is 3. The molecule has 2 aromatic rings. The Morgan fingerprint density at radius 3 is 2.88 bits per heavy atom. The highest BCUT2D eigenvalue weighted by molar-refractivity contribution is 5.80. The van der Waals surface area contributed by atoms with Gasteiger partial charge in [0.15, 0.2) is 5.96 Å². The number of hydrogen-bond acceptors (Lipinski definition) is 2. The number of hydrogen-bond donors (Lipinski definition) is 1. The normalized spacial score (nSPS) is 17.8. The molecule has 1 saturated heterocycles. The molecule has 3 rings (SSSR count). The van der Waals surface area contributed by atoms with Gasteiger partial charge in [-0.3, -0.25) is 9.98 Å². The molecule has 25 heavy (non-hydrogen) atoms. The van der Waals surface area contributed by atoms with Gasteiger partial charge in [-0.1, -0.05) is 30.3 Å². The third-order valence-corrected chi connectivity index (χ3v) is 4.98. The Balaban J connectivity index is 1.48. The largest absolute Gasteiger partial charge is 0.356 e. The zero-order valence-electron chi connectivity index (χ0n) is 15.3. The highest BCUT2D eigenvalue weighted by Crippen LogP contribution is 2.20. The quantitative estimate of drug-likeness (QED) is 0.674. The fourth-order valence-electron chi connectivity index (χ4n) is 3.56. The Labute approximate surface area is 151 Å². The first kappa shape index (κ1) is 17.5. The summed E-state index contributed by atoms with van der Waals surface area (Å²) in [7, 11) is 1.88. The van der Waals surface area contributed by atoms with Crippen molar-refractivity contribution in [3.8, 4) is 0 Å². The molecule has 0 saturated carbocycles. The van der Waals surface area contributed by atoms with Crippen molar-refractivity contribution in [2.75, 3.05) is 26.7 Å². The van der Waals surface area contributed by atoms with Gasteiger partial charge >= 0.3 is 0 Å². The molecule has 1 unspecified atom stereocenters. The smallest absolute Gasteiger partial charge is 0.193 e. The lowest BCUT2D eigenvalue weighted by molar-refractivity contribution is 0.460. The van der Waals surface area contributed by atoms with Crippen LogP contribution in [0, 0.1) is 12.8 Å². The maximum Gasteiger partial charge on any atom is 0.193 e. The second-order valence-corrected chi connectivity index (χ2v) is 6.82. The van der Waals surface area contributed by atoms with Crippen LogP contribution in [0.3, 0.4) is 0 Å². The van der Waals surface area contributed by atoms with Crippen LogP contribution >= 0.6 is 0 Å². The Morgan fingerprint density at radius 2 is 2.12 bits per heavy atom. The van der Waals surface area contributed by atoms with Crippen molar-refractivity contribution in [1.29, 1.82) is 0 Å². The molecule has 1 aliphatic rings. The Hall–Kier alpha value is -2.36. The minimum Gasteiger partial charge on any atom is -0.356 e. The van der Waals surface area contributed by atoms with Crippen LogP contribution in [-0.2, 0) is 12.8 Å². The predicted molar refractivity (Wildman–Crippen MR) is 104 cm³/mol. The fourth-order valence-corrected chi connectivity index (χ4v) is 3.56. The van der Waals surface area contributed by atoms with Crippen LogP contribution in [0.15, 0.2) is 53.8 Å². The van der Waals surface area contributed by atoms with Crippen LogP contribution in [0.4, 0.5) is 0 Å². The number of likely N-dealkylation sites (tertiary alicyclic amines) is 1. The second-order valence-electron chi connectivity index (χ2n) is 6.82. The summed E-state index contributed by atoms with van der Waals surface area (Å²) in [6.07, 6.45) is 7.18. The van der Waals surface area contributed by atoms with E-state index in [9.17, 15) is 0 Å². The molecular formula is C21H28N4. The van der Waals surface area contributed by atoms with Crippen molar-refractivity contribution in [2.24, 2.45) is 10.9 Å². The van der Waals surface area contributed by atoms with Gasteiger partial charge in [0.05, 0.1) is 0 Å². The highest BCUT2D eigenvalue weighted by atomic mass is 15.3. The average molecular weight is 336 g/mol. The number of aryl methyl sites for hydroxylation is 1. The monoisotopic (exact) mass is 336 g/mol. The lowest BCUT2D eigenvalue weighted by atomic mass is 9.99. The van der Waals surface area contributed by atoms with Gasteiger partial charge in [-0.15, -0.1) is 0 Å². The van der Waals surface area contributed by atoms with Gasteiger partial charge in [-0.05, 0) is 54.9 Å².